The Morgan fingerprint density at radius 2 is 1.94 bits per heavy atom. The fraction of sp³-hybridized carbons (Fsp3) is 0.435. The molecule has 0 spiro atoms. The van der Waals surface area contributed by atoms with E-state index in [-0.39, 0.29) is 11.8 Å². The highest BCUT2D eigenvalue weighted by molar-refractivity contribution is 5.93. The maximum absolute atomic E-state index is 12.5. The molecule has 8 nitrogen and oxygen atoms in total. The summed E-state index contributed by atoms with van der Waals surface area (Å²) in [5.74, 6) is 1.37. The van der Waals surface area contributed by atoms with E-state index in [0.29, 0.717) is 25.3 Å². The van der Waals surface area contributed by atoms with Crippen LogP contribution >= 0.6 is 0 Å². The topological polar surface area (TPSA) is 83.6 Å². The van der Waals surface area contributed by atoms with Crippen LogP contribution in [0, 0.1) is 0 Å². The van der Waals surface area contributed by atoms with E-state index in [4.69, 9.17) is 9.40 Å². The predicted octanol–water partition coefficient (Wildman–Crippen LogP) is 3.35. The number of aromatic nitrogens is 2. The third-order valence-corrected chi connectivity index (χ3v) is 5.66. The van der Waals surface area contributed by atoms with Crippen molar-refractivity contribution in [1.29, 1.82) is 0 Å². The van der Waals surface area contributed by atoms with E-state index in [1.54, 1.807) is 12.1 Å². The van der Waals surface area contributed by atoms with E-state index in [1.807, 2.05) is 30.0 Å². The number of rotatable bonds is 7. The monoisotopic (exact) mass is 423 g/mol. The van der Waals surface area contributed by atoms with Gasteiger partial charge >= 0.3 is 0 Å². The van der Waals surface area contributed by atoms with E-state index in [9.17, 15) is 9.59 Å². The number of amides is 2. The summed E-state index contributed by atoms with van der Waals surface area (Å²) in [4.78, 5) is 33.4. The summed E-state index contributed by atoms with van der Waals surface area (Å²) < 4.78 is 7.45. The number of piperazine rings is 1. The van der Waals surface area contributed by atoms with Crippen molar-refractivity contribution in [2.24, 2.45) is 0 Å². The van der Waals surface area contributed by atoms with Gasteiger partial charge in [-0.25, -0.2) is 4.98 Å². The van der Waals surface area contributed by atoms with Crippen LogP contribution in [0.25, 0.3) is 11.0 Å². The number of nitrogens with zero attached hydrogens (tertiary/aromatic N) is 4. The molecule has 1 aromatic carbocycles. The van der Waals surface area contributed by atoms with Crippen LogP contribution in [0.2, 0.25) is 0 Å². The van der Waals surface area contributed by atoms with Crippen LogP contribution in [0.3, 0.4) is 0 Å². The Bertz CT molecular complexity index is 1050. The van der Waals surface area contributed by atoms with Crippen molar-refractivity contribution in [1.82, 2.24) is 19.4 Å². The normalized spacial score (nSPS) is 14.8. The molecule has 1 saturated heterocycles. The van der Waals surface area contributed by atoms with Gasteiger partial charge in [0.05, 0.1) is 23.8 Å². The van der Waals surface area contributed by atoms with Gasteiger partial charge in [0.25, 0.3) is 5.91 Å². The van der Waals surface area contributed by atoms with Crippen LogP contribution < -0.4 is 5.32 Å². The second-order valence-electron chi connectivity index (χ2n) is 7.82. The Morgan fingerprint density at radius 3 is 2.61 bits per heavy atom. The predicted molar refractivity (Wildman–Crippen MR) is 119 cm³/mol. The van der Waals surface area contributed by atoms with Crippen LogP contribution in [-0.2, 0) is 17.9 Å². The van der Waals surface area contributed by atoms with Crippen LogP contribution in [0.15, 0.2) is 41.0 Å². The minimum atomic E-state index is -0.0527. The molecule has 0 radical (unpaired) electrons. The van der Waals surface area contributed by atoms with Gasteiger partial charge < -0.3 is 19.2 Å². The average Bonchev–Trinajstić information content (AvgIpc) is 3.41. The number of fused-ring (bicyclic) bond motifs is 1. The molecule has 2 aromatic heterocycles. The van der Waals surface area contributed by atoms with Crippen molar-refractivity contribution in [3.63, 3.8) is 0 Å². The highest BCUT2D eigenvalue weighted by Gasteiger charge is 2.24. The molecule has 0 atom stereocenters. The number of hydrogen-bond acceptors (Lipinski definition) is 5. The summed E-state index contributed by atoms with van der Waals surface area (Å²) >= 11 is 0. The Kier molecular flexibility index (Phi) is 6.36. The third kappa shape index (κ3) is 4.64. The zero-order chi connectivity index (χ0) is 21.8. The zero-order valence-corrected chi connectivity index (χ0v) is 18.1. The van der Waals surface area contributed by atoms with E-state index >= 15 is 0 Å². The van der Waals surface area contributed by atoms with Crippen molar-refractivity contribution >= 4 is 28.5 Å². The first-order valence-corrected chi connectivity index (χ1v) is 10.9. The first-order valence-electron chi connectivity index (χ1n) is 10.9. The molecule has 1 aliphatic rings. The van der Waals surface area contributed by atoms with Gasteiger partial charge in [-0.2, -0.15) is 0 Å². The number of hydrogen-bond donors (Lipinski definition) is 1. The summed E-state index contributed by atoms with van der Waals surface area (Å²) in [7, 11) is 0. The number of carbonyl (C=O) groups excluding carboxylic acids is 2. The molecule has 3 heterocycles. The van der Waals surface area contributed by atoms with Gasteiger partial charge in [-0.05, 0) is 43.7 Å². The van der Waals surface area contributed by atoms with Crippen LogP contribution in [0.1, 0.15) is 43.1 Å². The van der Waals surface area contributed by atoms with E-state index in [0.717, 1.165) is 55.1 Å². The zero-order valence-electron chi connectivity index (χ0n) is 18.1. The Labute approximate surface area is 181 Å². The molecule has 1 fully saturated rings. The van der Waals surface area contributed by atoms with Gasteiger partial charge in [-0.3, -0.25) is 14.5 Å². The smallest absolute Gasteiger partial charge is 0.289 e. The quantitative estimate of drug-likeness (QED) is 0.630. The lowest BCUT2D eigenvalue weighted by atomic mass is 10.2. The summed E-state index contributed by atoms with van der Waals surface area (Å²) in [5.41, 5.74) is 2.73. The number of carbonyl (C=O) groups is 2. The minimum Gasteiger partial charge on any atom is -0.459 e. The van der Waals surface area contributed by atoms with Gasteiger partial charge in [0.15, 0.2) is 5.76 Å². The number of nitrogens with one attached hydrogen (secondary N) is 1. The lowest BCUT2D eigenvalue weighted by Gasteiger charge is -2.34. The highest BCUT2D eigenvalue weighted by atomic mass is 16.3. The molecule has 1 N–H and O–H groups in total. The Morgan fingerprint density at radius 1 is 1.13 bits per heavy atom. The lowest BCUT2D eigenvalue weighted by Crippen LogP contribution is -2.48. The molecule has 0 aliphatic carbocycles. The molecule has 4 rings (SSSR count). The molecular formula is C23H29N5O3. The van der Waals surface area contributed by atoms with Crippen LogP contribution in [0.4, 0.5) is 5.69 Å². The second-order valence-corrected chi connectivity index (χ2v) is 7.82. The van der Waals surface area contributed by atoms with E-state index in [1.165, 1.54) is 6.26 Å². The lowest BCUT2D eigenvalue weighted by molar-refractivity contribution is -0.116. The highest BCUT2D eigenvalue weighted by Crippen LogP contribution is 2.22. The molecule has 164 valence electrons. The second kappa shape index (κ2) is 9.34. The number of benzene rings is 1. The third-order valence-electron chi connectivity index (χ3n) is 5.66. The van der Waals surface area contributed by atoms with Crippen LogP contribution in [0.5, 0.6) is 0 Å². The molecule has 1 aliphatic heterocycles. The summed E-state index contributed by atoms with van der Waals surface area (Å²) in [6.07, 6.45) is 2.86. The standard InChI is InChI=1S/C23H29N5O3/c1-3-6-22(29)24-17-8-9-19-18(15-17)25-21(28(19)4-2)16-26-10-12-27(13-11-26)23(30)20-7-5-14-31-20/h5,7-9,14-15H,3-4,6,10-13,16H2,1-2H3,(H,24,29). The molecule has 3 aromatic rings. The number of furan rings is 1. The summed E-state index contributed by atoms with van der Waals surface area (Å²) in [6, 6.07) is 9.35. The summed E-state index contributed by atoms with van der Waals surface area (Å²) in [5, 5.41) is 2.95. The molecule has 8 heteroatoms. The number of anilines is 1. The van der Waals surface area contributed by atoms with Crippen molar-refractivity contribution in [2.75, 3.05) is 31.5 Å². The Balaban J connectivity index is 1.43. The first-order chi connectivity index (χ1) is 15.1. The SMILES string of the molecule is CCCC(=O)Nc1ccc2c(c1)nc(CN1CCN(C(=O)c3ccco3)CC1)n2CC. The van der Waals surface area contributed by atoms with Crippen molar-refractivity contribution in [3.05, 3.63) is 48.2 Å². The van der Waals surface area contributed by atoms with E-state index in [2.05, 4.69) is 21.7 Å². The van der Waals surface area contributed by atoms with Gasteiger partial charge in [0, 0.05) is 44.8 Å². The average molecular weight is 424 g/mol. The molecular weight excluding hydrogens is 394 g/mol. The van der Waals surface area contributed by atoms with Crippen molar-refractivity contribution in [2.45, 2.75) is 39.8 Å². The fourth-order valence-electron chi connectivity index (χ4n) is 4.05. The van der Waals surface area contributed by atoms with Crippen molar-refractivity contribution < 1.29 is 14.0 Å². The minimum absolute atomic E-state index is 0.0268. The number of aryl methyl sites for hydroxylation is 1. The van der Waals surface area contributed by atoms with E-state index < -0.39 is 0 Å². The summed E-state index contributed by atoms with van der Waals surface area (Å²) in [6.45, 7) is 8.56. The number of imidazole rings is 1. The molecule has 0 bridgehead atoms. The van der Waals surface area contributed by atoms with Gasteiger partial charge in [0.1, 0.15) is 5.82 Å². The van der Waals surface area contributed by atoms with Gasteiger partial charge in [0.2, 0.25) is 5.91 Å². The molecule has 2 amide bonds. The van der Waals surface area contributed by atoms with Gasteiger partial charge in [-0.1, -0.05) is 6.92 Å². The fourth-order valence-corrected chi connectivity index (χ4v) is 4.05. The molecule has 0 saturated carbocycles. The molecule has 31 heavy (non-hydrogen) atoms. The first kappa shape index (κ1) is 21.1. The van der Waals surface area contributed by atoms with Crippen molar-refractivity contribution in [3.8, 4) is 0 Å². The largest absolute Gasteiger partial charge is 0.459 e. The molecule has 0 unspecified atom stereocenters. The van der Waals surface area contributed by atoms with Gasteiger partial charge in [-0.15, -0.1) is 0 Å². The maximum Gasteiger partial charge on any atom is 0.289 e. The van der Waals surface area contributed by atoms with Crippen LogP contribution in [-0.4, -0.2) is 57.3 Å². The maximum atomic E-state index is 12.5. The Hall–Kier alpha value is -3.13.